The van der Waals surface area contributed by atoms with Gasteiger partial charge in [-0.3, -0.25) is 9.59 Å². The first-order chi connectivity index (χ1) is 19.1. The number of nitrogens with zero attached hydrogens (tertiary/aromatic N) is 1. The Morgan fingerprint density at radius 1 is 1.10 bits per heavy atom. The summed E-state index contributed by atoms with van der Waals surface area (Å²) >= 11 is 12.6. The van der Waals surface area contributed by atoms with Gasteiger partial charge < -0.3 is 32.1 Å². The summed E-state index contributed by atoms with van der Waals surface area (Å²) in [6.45, 7) is -0.401. The Morgan fingerprint density at radius 2 is 1.88 bits per heavy atom. The van der Waals surface area contributed by atoms with Crippen LogP contribution in [0.3, 0.4) is 0 Å². The molecule has 40 heavy (non-hydrogen) atoms. The number of nitrogen functional groups attached to an aromatic ring is 1. The number of aryl methyl sites for hydroxylation is 1. The molecule has 4 rings (SSSR count). The molecule has 0 saturated carbocycles. The Labute approximate surface area is 239 Å². The maximum Gasteiger partial charge on any atom is 0.328 e. The summed E-state index contributed by atoms with van der Waals surface area (Å²) < 4.78 is 0. The van der Waals surface area contributed by atoms with Crippen molar-refractivity contribution in [2.75, 3.05) is 17.6 Å². The van der Waals surface area contributed by atoms with Gasteiger partial charge in [0.2, 0.25) is 5.91 Å². The smallest absolute Gasteiger partial charge is 0.328 e. The minimum Gasteiger partial charge on any atom is -0.480 e. The summed E-state index contributed by atoms with van der Waals surface area (Å²) in [6, 6.07) is 11.5. The maximum absolute atomic E-state index is 13.0. The number of amides is 4. The molecule has 208 valence electrons. The predicted octanol–water partition coefficient (Wildman–Crippen LogP) is 3.32. The normalized spacial score (nSPS) is 14.5. The SMILES string of the molecule is Nc1cc(CC(=O)Nc2ccc(Cl)c(C(=O)NC(CNC(=O)N[C@@H]3CCc4ccccc43)C(=O)O)c2Cl)ccn1. The molecule has 1 heterocycles. The molecule has 3 aromatic rings. The van der Waals surface area contributed by atoms with Gasteiger partial charge in [-0.2, -0.15) is 0 Å². The van der Waals surface area contributed by atoms with E-state index in [1.165, 1.54) is 18.3 Å². The number of nitrogens with two attached hydrogens (primary N) is 1. The van der Waals surface area contributed by atoms with Gasteiger partial charge in [0.1, 0.15) is 11.9 Å². The molecule has 11 nitrogen and oxygen atoms in total. The lowest BCUT2D eigenvalue weighted by Crippen LogP contribution is -2.50. The lowest BCUT2D eigenvalue weighted by molar-refractivity contribution is -0.139. The van der Waals surface area contributed by atoms with Crippen LogP contribution in [0.1, 0.15) is 39.5 Å². The Kier molecular flexibility index (Phi) is 9.08. The Bertz CT molecular complexity index is 1470. The van der Waals surface area contributed by atoms with Gasteiger partial charge in [0.15, 0.2) is 0 Å². The number of carbonyl (C=O) groups is 4. The average molecular weight is 585 g/mol. The monoisotopic (exact) mass is 584 g/mol. The summed E-state index contributed by atoms with van der Waals surface area (Å²) in [5, 5.41) is 19.7. The zero-order chi connectivity index (χ0) is 28.8. The van der Waals surface area contributed by atoms with Gasteiger partial charge >= 0.3 is 12.0 Å². The van der Waals surface area contributed by atoms with Crippen LogP contribution in [0.15, 0.2) is 54.7 Å². The van der Waals surface area contributed by atoms with E-state index >= 15 is 0 Å². The molecule has 1 aromatic heterocycles. The molecule has 0 fully saturated rings. The number of halogens is 2. The second-order valence-corrected chi connectivity index (χ2v) is 9.89. The van der Waals surface area contributed by atoms with Gasteiger partial charge in [0, 0.05) is 6.20 Å². The molecule has 0 radical (unpaired) electrons. The van der Waals surface area contributed by atoms with Gasteiger partial charge in [-0.15, -0.1) is 0 Å². The van der Waals surface area contributed by atoms with Crippen LogP contribution in [0.5, 0.6) is 0 Å². The van der Waals surface area contributed by atoms with Crippen molar-refractivity contribution in [3.05, 3.63) is 87.0 Å². The third kappa shape index (κ3) is 6.99. The van der Waals surface area contributed by atoms with Crippen LogP contribution >= 0.6 is 23.2 Å². The van der Waals surface area contributed by atoms with E-state index in [9.17, 15) is 24.3 Å². The van der Waals surface area contributed by atoms with Crippen molar-refractivity contribution in [3.63, 3.8) is 0 Å². The van der Waals surface area contributed by atoms with E-state index in [1.807, 2.05) is 24.3 Å². The molecule has 2 aromatic carbocycles. The lowest BCUT2D eigenvalue weighted by Gasteiger charge is -2.19. The van der Waals surface area contributed by atoms with Crippen molar-refractivity contribution in [1.29, 1.82) is 0 Å². The highest BCUT2D eigenvalue weighted by Gasteiger charge is 2.27. The Morgan fingerprint density at radius 3 is 2.62 bits per heavy atom. The molecular formula is C27H26Cl2N6O5. The first-order valence-corrected chi connectivity index (χ1v) is 13.0. The number of aliphatic carboxylic acids is 1. The summed E-state index contributed by atoms with van der Waals surface area (Å²) in [6.07, 6.45) is 3.00. The van der Waals surface area contributed by atoms with Crippen molar-refractivity contribution in [1.82, 2.24) is 20.9 Å². The van der Waals surface area contributed by atoms with Gasteiger partial charge in [-0.25, -0.2) is 14.6 Å². The number of hydrogen-bond donors (Lipinski definition) is 6. The van der Waals surface area contributed by atoms with Gasteiger partial charge in [0.25, 0.3) is 5.91 Å². The standard InChI is InChI=1S/C27H26Cl2N6O5/c28-17-6-8-19(33-22(36)12-14-9-10-31-21(30)11-14)24(29)23(17)25(37)34-20(26(38)39)13-32-27(40)35-18-7-5-15-3-1-2-4-16(15)18/h1-4,6,8-11,18,20H,5,7,12-13H2,(H2,30,31)(H,33,36)(H,34,37)(H,38,39)(H2,32,35,40)/t18-,20?/m1/s1. The molecule has 13 heteroatoms. The van der Waals surface area contributed by atoms with Crippen molar-refractivity contribution < 1.29 is 24.3 Å². The molecule has 0 bridgehead atoms. The number of urea groups is 1. The number of fused-ring (bicyclic) bond motifs is 1. The highest BCUT2D eigenvalue weighted by atomic mass is 35.5. The van der Waals surface area contributed by atoms with E-state index < -0.39 is 36.4 Å². The first-order valence-electron chi connectivity index (χ1n) is 12.3. The molecule has 1 unspecified atom stereocenters. The Hall–Kier alpha value is -4.35. The van der Waals surface area contributed by atoms with Crippen molar-refractivity contribution in [2.45, 2.75) is 31.3 Å². The van der Waals surface area contributed by atoms with E-state index in [1.54, 1.807) is 12.1 Å². The molecule has 1 aliphatic rings. The van der Waals surface area contributed by atoms with Crippen LogP contribution in [0.4, 0.5) is 16.3 Å². The largest absolute Gasteiger partial charge is 0.480 e. The highest BCUT2D eigenvalue weighted by molar-refractivity contribution is 6.41. The number of carboxylic acids is 1. The zero-order valence-electron chi connectivity index (χ0n) is 21.0. The molecule has 4 amide bonds. The van der Waals surface area contributed by atoms with Crippen LogP contribution in [-0.4, -0.2) is 46.5 Å². The minimum absolute atomic E-state index is 0.0333. The number of carboxylic acid groups (broad SMARTS) is 1. The predicted molar refractivity (Wildman–Crippen MR) is 150 cm³/mol. The number of aromatic nitrogens is 1. The molecule has 0 aliphatic heterocycles. The third-order valence-electron chi connectivity index (χ3n) is 6.31. The number of pyridine rings is 1. The number of benzene rings is 2. The highest BCUT2D eigenvalue weighted by Crippen LogP contribution is 2.32. The molecule has 1 aliphatic carbocycles. The molecule has 0 saturated heterocycles. The minimum atomic E-state index is -1.49. The lowest BCUT2D eigenvalue weighted by atomic mass is 10.1. The fraction of sp³-hybridized carbons (Fsp3) is 0.222. The number of hydrogen-bond acceptors (Lipinski definition) is 6. The molecular weight excluding hydrogens is 559 g/mol. The van der Waals surface area contributed by atoms with Gasteiger partial charge in [-0.1, -0.05) is 47.5 Å². The van der Waals surface area contributed by atoms with Crippen molar-refractivity contribution in [3.8, 4) is 0 Å². The van der Waals surface area contributed by atoms with Crippen LogP contribution in [0, 0.1) is 0 Å². The van der Waals surface area contributed by atoms with Crippen molar-refractivity contribution >= 4 is 58.5 Å². The van der Waals surface area contributed by atoms with E-state index in [-0.39, 0.29) is 39.6 Å². The fourth-order valence-corrected chi connectivity index (χ4v) is 4.97. The third-order valence-corrected chi connectivity index (χ3v) is 7.02. The zero-order valence-corrected chi connectivity index (χ0v) is 22.6. The number of anilines is 2. The van der Waals surface area contributed by atoms with Crippen LogP contribution in [0.25, 0.3) is 0 Å². The fourth-order valence-electron chi connectivity index (χ4n) is 4.38. The Balaban J connectivity index is 1.38. The van der Waals surface area contributed by atoms with Crippen LogP contribution in [0.2, 0.25) is 10.0 Å². The van der Waals surface area contributed by atoms with Crippen molar-refractivity contribution in [2.24, 2.45) is 0 Å². The summed E-state index contributed by atoms with van der Waals surface area (Å²) in [7, 11) is 0. The summed E-state index contributed by atoms with van der Waals surface area (Å²) in [5.74, 6) is -2.46. The quantitative estimate of drug-likeness (QED) is 0.223. The molecule has 2 atom stereocenters. The van der Waals surface area contributed by atoms with Crippen LogP contribution in [-0.2, 0) is 22.4 Å². The topological polar surface area (TPSA) is 176 Å². The summed E-state index contributed by atoms with van der Waals surface area (Å²) in [4.78, 5) is 53.7. The second kappa shape index (κ2) is 12.7. The number of nitrogens with one attached hydrogen (secondary N) is 4. The maximum atomic E-state index is 13.0. The van der Waals surface area contributed by atoms with E-state index in [2.05, 4.69) is 26.3 Å². The van der Waals surface area contributed by atoms with Gasteiger partial charge in [0.05, 0.1) is 40.3 Å². The second-order valence-electron chi connectivity index (χ2n) is 9.11. The van der Waals surface area contributed by atoms with E-state index in [4.69, 9.17) is 28.9 Å². The summed E-state index contributed by atoms with van der Waals surface area (Å²) in [5.41, 5.74) is 8.30. The number of rotatable bonds is 9. The van der Waals surface area contributed by atoms with E-state index in [0.717, 1.165) is 24.0 Å². The number of carbonyl (C=O) groups excluding carboxylic acids is 3. The average Bonchev–Trinajstić information content (AvgIpc) is 3.30. The molecule has 0 spiro atoms. The van der Waals surface area contributed by atoms with E-state index in [0.29, 0.717) is 5.56 Å². The van der Waals surface area contributed by atoms with Gasteiger partial charge in [-0.05, 0) is 53.8 Å². The first kappa shape index (κ1) is 28.7. The van der Waals surface area contributed by atoms with Crippen LogP contribution < -0.4 is 27.0 Å². The molecule has 7 N–H and O–H groups in total.